The predicted molar refractivity (Wildman–Crippen MR) is 84.7 cm³/mol. The Balaban J connectivity index is 2.27. The van der Waals surface area contributed by atoms with Crippen LogP contribution in [0.1, 0.15) is 40.5 Å². The molecule has 1 heterocycles. The van der Waals surface area contributed by atoms with Gasteiger partial charge < -0.3 is 10.2 Å². The summed E-state index contributed by atoms with van der Waals surface area (Å²) in [5.74, 6) is 0. The fourth-order valence-electron chi connectivity index (χ4n) is 2.60. The van der Waals surface area contributed by atoms with Crippen LogP contribution in [-0.4, -0.2) is 61.2 Å². The molecule has 0 aliphatic carbocycles. The van der Waals surface area contributed by atoms with Crippen molar-refractivity contribution in [2.45, 2.75) is 52.1 Å². The Bertz CT molecular complexity index is 272. The average Bonchev–Trinajstić information content (AvgIpc) is 2.35. The maximum absolute atomic E-state index is 4.21. The number of likely N-dealkylation sites (tertiary alicyclic amines) is 1. The Morgan fingerprint density at radius 3 is 2.37 bits per heavy atom. The first-order chi connectivity index (χ1) is 8.81. The molecule has 3 nitrogen and oxygen atoms in total. The maximum atomic E-state index is 4.21. The highest BCUT2D eigenvalue weighted by molar-refractivity contribution is 5.01. The van der Waals surface area contributed by atoms with Gasteiger partial charge in [-0.3, -0.25) is 4.90 Å². The van der Waals surface area contributed by atoms with Crippen molar-refractivity contribution < 1.29 is 0 Å². The van der Waals surface area contributed by atoms with Crippen molar-refractivity contribution in [1.29, 1.82) is 0 Å². The Hall–Kier alpha value is -0.380. The van der Waals surface area contributed by atoms with Gasteiger partial charge in [-0.15, -0.1) is 0 Å². The van der Waals surface area contributed by atoms with E-state index in [0.717, 1.165) is 19.1 Å². The molecule has 112 valence electrons. The van der Waals surface area contributed by atoms with Gasteiger partial charge in [-0.2, -0.15) is 0 Å². The lowest BCUT2D eigenvalue weighted by Gasteiger charge is -2.36. The minimum absolute atomic E-state index is 0.175. The zero-order valence-electron chi connectivity index (χ0n) is 13.6. The maximum Gasteiger partial charge on any atom is 0.0202 e. The molecule has 19 heavy (non-hydrogen) atoms. The van der Waals surface area contributed by atoms with Crippen molar-refractivity contribution in [3.8, 4) is 0 Å². The van der Waals surface area contributed by atoms with Crippen LogP contribution >= 0.6 is 0 Å². The number of hydrogen-bond acceptors (Lipinski definition) is 3. The molecule has 0 amide bonds. The molecule has 0 spiro atoms. The third-order valence-corrected chi connectivity index (χ3v) is 3.97. The van der Waals surface area contributed by atoms with Crippen LogP contribution in [0.25, 0.3) is 0 Å². The second kappa shape index (κ2) is 7.41. The monoisotopic (exact) mass is 267 g/mol. The minimum Gasteiger partial charge on any atom is -0.308 e. The lowest BCUT2D eigenvalue weighted by molar-refractivity contribution is 0.138. The molecule has 1 N–H and O–H groups in total. The highest BCUT2D eigenvalue weighted by Crippen LogP contribution is 2.15. The van der Waals surface area contributed by atoms with Crippen molar-refractivity contribution in [1.82, 2.24) is 15.1 Å². The first kappa shape index (κ1) is 16.7. The van der Waals surface area contributed by atoms with Gasteiger partial charge >= 0.3 is 0 Å². The molecule has 0 aromatic rings. The molecule has 0 atom stereocenters. The number of likely N-dealkylation sites (N-methyl/N-ethyl adjacent to an activating group) is 1. The van der Waals surface area contributed by atoms with E-state index in [4.69, 9.17) is 0 Å². The summed E-state index contributed by atoms with van der Waals surface area (Å²) in [7, 11) is 2.24. The molecule has 1 rings (SSSR count). The van der Waals surface area contributed by atoms with E-state index in [1.807, 2.05) is 0 Å². The van der Waals surface area contributed by atoms with Gasteiger partial charge in [-0.1, -0.05) is 13.5 Å². The van der Waals surface area contributed by atoms with Gasteiger partial charge in [0, 0.05) is 24.7 Å². The third-order valence-electron chi connectivity index (χ3n) is 3.97. The third kappa shape index (κ3) is 6.55. The summed E-state index contributed by atoms with van der Waals surface area (Å²) in [5.41, 5.74) is 1.46. The van der Waals surface area contributed by atoms with Crippen molar-refractivity contribution in [3.05, 3.63) is 12.2 Å². The summed E-state index contributed by atoms with van der Waals surface area (Å²) in [6, 6.07) is 0.731. The number of rotatable bonds is 6. The minimum atomic E-state index is 0.175. The summed E-state index contributed by atoms with van der Waals surface area (Å²) >= 11 is 0. The topological polar surface area (TPSA) is 18.5 Å². The summed E-state index contributed by atoms with van der Waals surface area (Å²) in [6.45, 7) is 18.7. The van der Waals surface area contributed by atoms with Gasteiger partial charge in [0.1, 0.15) is 0 Å². The first-order valence-electron chi connectivity index (χ1n) is 7.66. The summed E-state index contributed by atoms with van der Waals surface area (Å²) < 4.78 is 0. The average molecular weight is 267 g/mol. The summed E-state index contributed by atoms with van der Waals surface area (Å²) in [6.07, 6.45) is 2.59. The van der Waals surface area contributed by atoms with Crippen LogP contribution in [-0.2, 0) is 0 Å². The van der Waals surface area contributed by atoms with Crippen molar-refractivity contribution in [2.24, 2.45) is 0 Å². The van der Waals surface area contributed by atoms with Crippen LogP contribution in [0.15, 0.2) is 12.2 Å². The molecular weight excluding hydrogens is 234 g/mol. The quantitative estimate of drug-likeness (QED) is 0.745. The van der Waals surface area contributed by atoms with Gasteiger partial charge in [-0.05, 0) is 65.9 Å². The zero-order chi connectivity index (χ0) is 14.5. The Kier molecular flexibility index (Phi) is 6.51. The molecule has 1 aliphatic heterocycles. The van der Waals surface area contributed by atoms with E-state index in [1.165, 1.54) is 38.0 Å². The molecular formula is C16H33N3. The smallest absolute Gasteiger partial charge is 0.0202 e. The highest BCUT2D eigenvalue weighted by atomic mass is 15.2. The van der Waals surface area contributed by atoms with Gasteiger partial charge in [0.15, 0.2) is 0 Å². The zero-order valence-corrected chi connectivity index (χ0v) is 13.6. The number of piperidine rings is 1. The van der Waals surface area contributed by atoms with Crippen molar-refractivity contribution >= 4 is 0 Å². The number of nitrogens with zero attached hydrogens (tertiary/aromatic N) is 2. The second-order valence-corrected chi connectivity index (χ2v) is 6.93. The fraction of sp³-hybridized carbons (Fsp3) is 0.875. The van der Waals surface area contributed by atoms with Gasteiger partial charge in [0.25, 0.3) is 0 Å². The normalized spacial score (nSPS) is 19.1. The van der Waals surface area contributed by atoms with Crippen LogP contribution in [0, 0.1) is 0 Å². The molecule has 0 bridgehead atoms. The van der Waals surface area contributed by atoms with E-state index in [1.54, 1.807) is 0 Å². The first-order valence-corrected chi connectivity index (χ1v) is 7.66. The molecule has 0 aromatic carbocycles. The summed E-state index contributed by atoms with van der Waals surface area (Å²) in [5, 5.41) is 3.51. The molecule has 1 fully saturated rings. The van der Waals surface area contributed by atoms with Crippen molar-refractivity contribution in [2.75, 3.05) is 39.8 Å². The molecule has 1 aliphatic rings. The molecule has 1 saturated heterocycles. The van der Waals surface area contributed by atoms with E-state index in [0.29, 0.717) is 0 Å². The SMILES string of the molecule is C=C(CNC(C)(C)C)CN(C)C1CCN(CC)CC1. The van der Waals surface area contributed by atoms with Gasteiger partial charge in [0.2, 0.25) is 0 Å². The number of nitrogens with one attached hydrogen (secondary N) is 1. The van der Waals surface area contributed by atoms with Gasteiger partial charge in [-0.25, -0.2) is 0 Å². The number of hydrogen-bond donors (Lipinski definition) is 1. The highest BCUT2D eigenvalue weighted by Gasteiger charge is 2.21. The lowest BCUT2D eigenvalue weighted by Crippen LogP contribution is -2.44. The second-order valence-electron chi connectivity index (χ2n) is 6.93. The van der Waals surface area contributed by atoms with Crippen LogP contribution in [0.3, 0.4) is 0 Å². The predicted octanol–water partition coefficient (Wildman–Crippen LogP) is 2.35. The summed E-state index contributed by atoms with van der Waals surface area (Å²) in [4.78, 5) is 5.03. The molecule has 3 heteroatoms. The van der Waals surface area contributed by atoms with E-state index in [9.17, 15) is 0 Å². The Morgan fingerprint density at radius 1 is 1.32 bits per heavy atom. The lowest BCUT2D eigenvalue weighted by atomic mass is 10.0. The molecule has 0 saturated carbocycles. The standard InChI is InChI=1S/C16H33N3/c1-7-19-10-8-15(9-11-19)18(6)13-14(2)12-17-16(3,4)5/h15,17H,2,7-13H2,1,3-6H3. The van der Waals surface area contributed by atoms with Crippen LogP contribution in [0.5, 0.6) is 0 Å². The molecule has 0 radical (unpaired) electrons. The largest absolute Gasteiger partial charge is 0.308 e. The Morgan fingerprint density at radius 2 is 1.89 bits per heavy atom. The van der Waals surface area contributed by atoms with Gasteiger partial charge in [0.05, 0.1) is 0 Å². The van der Waals surface area contributed by atoms with E-state index in [-0.39, 0.29) is 5.54 Å². The molecule has 0 unspecified atom stereocenters. The fourth-order valence-corrected chi connectivity index (χ4v) is 2.60. The van der Waals surface area contributed by atoms with Crippen LogP contribution < -0.4 is 5.32 Å². The van der Waals surface area contributed by atoms with E-state index < -0.39 is 0 Å². The van der Waals surface area contributed by atoms with E-state index >= 15 is 0 Å². The molecule has 0 aromatic heterocycles. The van der Waals surface area contributed by atoms with Crippen LogP contribution in [0.4, 0.5) is 0 Å². The Labute approximate surface area is 120 Å². The van der Waals surface area contributed by atoms with Crippen molar-refractivity contribution in [3.63, 3.8) is 0 Å². The van der Waals surface area contributed by atoms with Crippen LogP contribution in [0.2, 0.25) is 0 Å². The van der Waals surface area contributed by atoms with E-state index in [2.05, 4.69) is 56.4 Å².